The van der Waals surface area contributed by atoms with E-state index in [2.05, 4.69) is 13.8 Å². The SMILES string of the molecule is CC1=[N+](C(N)=O)c2ccccc2C1(C)C. The Balaban J connectivity index is 2.76. The van der Waals surface area contributed by atoms with Crippen molar-refractivity contribution in [2.45, 2.75) is 26.2 Å². The molecule has 0 radical (unpaired) electrons. The Bertz CT molecular complexity index is 472. The molecule has 1 aromatic rings. The van der Waals surface area contributed by atoms with Crippen LogP contribution in [0.2, 0.25) is 0 Å². The summed E-state index contributed by atoms with van der Waals surface area (Å²) in [4.78, 5) is 11.4. The van der Waals surface area contributed by atoms with Crippen molar-refractivity contribution in [1.82, 2.24) is 0 Å². The average Bonchev–Trinajstić information content (AvgIpc) is 2.36. The maximum atomic E-state index is 11.4. The fourth-order valence-corrected chi connectivity index (χ4v) is 2.14. The van der Waals surface area contributed by atoms with Gasteiger partial charge in [0.25, 0.3) is 0 Å². The first-order valence-electron chi connectivity index (χ1n) is 4.99. The molecule has 0 atom stereocenters. The molecule has 0 saturated heterocycles. The van der Waals surface area contributed by atoms with E-state index in [-0.39, 0.29) is 5.41 Å². The summed E-state index contributed by atoms with van der Waals surface area (Å²) in [5.41, 5.74) is 8.32. The zero-order valence-corrected chi connectivity index (χ0v) is 9.24. The van der Waals surface area contributed by atoms with Gasteiger partial charge in [-0.15, -0.1) is 0 Å². The van der Waals surface area contributed by atoms with Gasteiger partial charge in [-0.1, -0.05) is 18.2 Å². The van der Waals surface area contributed by atoms with Crippen LogP contribution in [0.5, 0.6) is 0 Å². The number of amides is 2. The molecule has 15 heavy (non-hydrogen) atoms. The van der Waals surface area contributed by atoms with Gasteiger partial charge in [0.1, 0.15) is 5.69 Å². The first kappa shape index (κ1) is 9.90. The molecule has 3 heteroatoms. The predicted molar refractivity (Wildman–Crippen MR) is 59.7 cm³/mol. The summed E-state index contributed by atoms with van der Waals surface area (Å²) in [6, 6.07) is 7.47. The highest BCUT2D eigenvalue weighted by Gasteiger charge is 2.41. The first-order valence-corrected chi connectivity index (χ1v) is 4.99. The highest BCUT2D eigenvalue weighted by atomic mass is 16.2. The molecule has 1 aliphatic heterocycles. The lowest BCUT2D eigenvalue weighted by Gasteiger charge is -2.16. The zero-order chi connectivity index (χ0) is 11.2. The van der Waals surface area contributed by atoms with Crippen LogP contribution < -0.4 is 5.73 Å². The third-order valence-corrected chi connectivity index (χ3v) is 3.28. The van der Waals surface area contributed by atoms with E-state index in [4.69, 9.17) is 5.73 Å². The minimum absolute atomic E-state index is 0.119. The van der Waals surface area contributed by atoms with Crippen molar-refractivity contribution in [3.63, 3.8) is 0 Å². The van der Waals surface area contributed by atoms with Crippen molar-refractivity contribution in [2.75, 3.05) is 0 Å². The second-order valence-electron chi connectivity index (χ2n) is 4.40. The fraction of sp³-hybridized carbons (Fsp3) is 0.333. The number of fused-ring (bicyclic) bond motifs is 1. The van der Waals surface area contributed by atoms with Gasteiger partial charge in [0.15, 0.2) is 0 Å². The van der Waals surface area contributed by atoms with Gasteiger partial charge < -0.3 is 0 Å². The van der Waals surface area contributed by atoms with E-state index in [1.54, 1.807) is 4.58 Å². The Morgan fingerprint density at radius 1 is 1.33 bits per heavy atom. The number of primary amides is 1. The lowest BCUT2D eigenvalue weighted by atomic mass is 9.82. The molecule has 1 aromatic carbocycles. The molecule has 0 aliphatic carbocycles. The number of urea groups is 1. The van der Waals surface area contributed by atoms with Gasteiger partial charge >= 0.3 is 6.03 Å². The Kier molecular flexibility index (Phi) is 1.93. The van der Waals surface area contributed by atoms with Crippen LogP contribution in [0.25, 0.3) is 0 Å². The molecule has 0 spiro atoms. The van der Waals surface area contributed by atoms with E-state index < -0.39 is 6.03 Å². The van der Waals surface area contributed by atoms with E-state index in [0.29, 0.717) is 0 Å². The molecule has 78 valence electrons. The maximum Gasteiger partial charge on any atom is 0.494 e. The number of nitrogens with two attached hydrogens (primary N) is 1. The Morgan fingerprint density at radius 3 is 2.53 bits per heavy atom. The summed E-state index contributed by atoms with van der Waals surface area (Å²) in [6.07, 6.45) is 0. The summed E-state index contributed by atoms with van der Waals surface area (Å²) in [5, 5.41) is 0. The second kappa shape index (κ2) is 2.92. The monoisotopic (exact) mass is 203 g/mol. The van der Waals surface area contributed by atoms with Gasteiger partial charge in [0.2, 0.25) is 0 Å². The highest BCUT2D eigenvalue weighted by molar-refractivity contribution is 5.97. The standard InChI is InChI=1S/C12H14N2O/c1-8-12(2,3)9-6-4-5-7-10(9)14(8)11(13)15/h4-7H,1-3H3,(H-,13,15)/p+1. The number of para-hydroxylation sites is 1. The molecule has 3 nitrogen and oxygen atoms in total. The van der Waals surface area contributed by atoms with Crippen LogP contribution in [-0.4, -0.2) is 16.3 Å². The molecule has 0 saturated carbocycles. The van der Waals surface area contributed by atoms with Crippen molar-refractivity contribution in [1.29, 1.82) is 0 Å². The lowest BCUT2D eigenvalue weighted by molar-refractivity contribution is -0.327. The third-order valence-electron chi connectivity index (χ3n) is 3.28. The number of carbonyl (C=O) groups is 1. The number of carbonyl (C=O) groups excluding carboxylic acids is 1. The van der Waals surface area contributed by atoms with Gasteiger partial charge in [-0.2, -0.15) is 9.37 Å². The summed E-state index contributed by atoms with van der Waals surface area (Å²) < 4.78 is 1.59. The molecule has 2 amide bonds. The first-order chi connectivity index (χ1) is 6.96. The van der Waals surface area contributed by atoms with E-state index in [1.165, 1.54) is 0 Å². The van der Waals surface area contributed by atoms with Crippen molar-refractivity contribution < 1.29 is 9.37 Å². The second-order valence-corrected chi connectivity index (χ2v) is 4.40. The van der Waals surface area contributed by atoms with Gasteiger partial charge in [-0.3, -0.25) is 5.73 Å². The van der Waals surface area contributed by atoms with Gasteiger partial charge in [0.05, 0.1) is 11.1 Å². The lowest BCUT2D eigenvalue weighted by Crippen LogP contribution is -2.31. The van der Waals surface area contributed by atoms with Crippen molar-refractivity contribution in [3.8, 4) is 0 Å². The van der Waals surface area contributed by atoms with Crippen molar-refractivity contribution in [2.24, 2.45) is 5.73 Å². The zero-order valence-electron chi connectivity index (χ0n) is 9.24. The fourth-order valence-electron chi connectivity index (χ4n) is 2.14. The predicted octanol–water partition coefficient (Wildman–Crippen LogP) is 2.16. The van der Waals surface area contributed by atoms with Crippen LogP contribution in [0, 0.1) is 0 Å². The molecule has 2 rings (SSSR count). The van der Waals surface area contributed by atoms with Crippen LogP contribution in [0.15, 0.2) is 24.3 Å². The molecule has 2 N–H and O–H groups in total. The number of hydrogen-bond donors (Lipinski definition) is 1. The molecule has 1 aliphatic rings. The molecule has 0 bridgehead atoms. The van der Waals surface area contributed by atoms with Crippen molar-refractivity contribution in [3.05, 3.63) is 29.8 Å². The Hall–Kier alpha value is -1.64. The molecular weight excluding hydrogens is 188 g/mol. The molecule has 0 fully saturated rings. The quantitative estimate of drug-likeness (QED) is 0.645. The maximum absolute atomic E-state index is 11.4. The van der Waals surface area contributed by atoms with Crippen LogP contribution >= 0.6 is 0 Å². The number of nitrogens with zero attached hydrogens (tertiary/aromatic N) is 1. The normalized spacial score (nSPS) is 17.8. The van der Waals surface area contributed by atoms with E-state index in [0.717, 1.165) is 17.0 Å². The largest absolute Gasteiger partial charge is 0.494 e. The number of benzene rings is 1. The number of hydrogen-bond acceptors (Lipinski definition) is 1. The van der Waals surface area contributed by atoms with Gasteiger partial charge in [-0.25, -0.2) is 0 Å². The van der Waals surface area contributed by atoms with Crippen LogP contribution in [0.1, 0.15) is 26.3 Å². The third kappa shape index (κ3) is 1.19. The number of rotatable bonds is 0. The van der Waals surface area contributed by atoms with Crippen LogP contribution in [-0.2, 0) is 5.41 Å². The van der Waals surface area contributed by atoms with Gasteiger partial charge in [-0.05, 0) is 26.8 Å². The van der Waals surface area contributed by atoms with E-state index >= 15 is 0 Å². The molecule has 1 heterocycles. The molecular formula is C12H15N2O+. The smallest absolute Gasteiger partial charge is 0.250 e. The molecule has 0 aromatic heterocycles. The summed E-state index contributed by atoms with van der Waals surface area (Å²) in [7, 11) is 0. The minimum atomic E-state index is -0.412. The van der Waals surface area contributed by atoms with Crippen LogP contribution in [0.4, 0.5) is 10.5 Å². The average molecular weight is 203 g/mol. The van der Waals surface area contributed by atoms with E-state index in [1.807, 2.05) is 31.2 Å². The topological polar surface area (TPSA) is 46.1 Å². The summed E-state index contributed by atoms with van der Waals surface area (Å²) >= 11 is 0. The van der Waals surface area contributed by atoms with Crippen molar-refractivity contribution >= 4 is 17.4 Å². The summed E-state index contributed by atoms with van der Waals surface area (Å²) in [6.45, 7) is 6.15. The van der Waals surface area contributed by atoms with Gasteiger partial charge in [0, 0.05) is 5.56 Å². The Labute approximate surface area is 89.2 Å². The van der Waals surface area contributed by atoms with E-state index in [9.17, 15) is 4.79 Å². The minimum Gasteiger partial charge on any atom is -0.250 e. The highest BCUT2D eigenvalue weighted by Crippen LogP contribution is 2.38. The molecule has 0 unspecified atom stereocenters. The Morgan fingerprint density at radius 2 is 1.93 bits per heavy atom. The van der Waals surface area contributed by atoms with Crippen LogP contribution in [0.3, 0.4) is 0 Å². The summed E-state index contributed by atoms with van der Waals surface area (Å²) in [5.74, 6) is 0.